The largest absolute Gasteiger partial charge is 0.492 e. The van der Waals surface area contributed by atoms with Crippen LogP contribution >= 0.6 is 0 Å². The first-order valence-electron chi connectivity index (χ1n) is 9.68. The highest BCUT2D eigenvalue weighted by atomic mass is 19.2. The number of halogens is 3. The number of rotatable bonds is 8. The van der Waals surface area contributed by atoms with Gasteiger partial charge in [0.15, 0.2) is 17.5 Å². The minimum atomic E-state index is -1.69. The molecule has 7 nitrogen and oxygen atoms in total. The highest BCUT2D eigenvalue weighted by molar-refractivity contribution is 5.95. The molecule has 1 unspecified atom stereocenters. The number of nitrogens with one attached hydrogen (secondary N) is 3. The Labute approximate surface area is 176 Å². The van der Waals surface area contributed by atoms with Crippen LogP contribution in [-0.4, -0.2) is 37.6 Å². The average Bonchev–Trinajstić information content (AvgIpc) is 3.10. The van der Waals surface area contributed by atoms with Gasteiger partial charge in [-0.1, -0.05) is 0 Å². The lowest BCUT2D eigenvalue weighted by molar-refractivity contribution is -0.122. The summed E-state index contributed by atoms with van der Waals surface area (Å²) in [5, 5.41) is 7.37. The van der Waals surface area contributed by atoms with Crippen LogP contribution in [-0.2, 0) is 16.0 Å². The van der Waals surface area contributed by atoms with Crippen LogP contribution in [0, 0.1) is 17.5 Å². The molecule has 0 aliphatic carbocycles. The van der Waals surface area contributed by atoms with E-state index in [2.05, 4.69) is 16.0 Å². The van der Waals surface area contributed by atoms with E-state index < -0.39 is 41.5 Å². The van der Waals surface area contributed by atoms with Crippen molar-refractivity contribution < 1.29 is 32.2 Å². The molecule has 0 aromatic heterocycles. The van der Waals surface area contributed by atoms with E-state index in [1.165, 1.54) is 0 Å². The molecule has 0 radical (unpaired) electrons. The van der Waals surface area contributed by atoms with Crippen molar-refractivity contribution in [2.45, 2.75) is 26.4 Å². The van der Waals surface area contributed by atoms with Crippen molar-refractivity contribution in [1.82, 2.24) is 5.32 Å². The van der Waals surface area contributed by atoms with Gasteiger partial charge in [0.2, 0.25) is 11.8 Å². The van der Waals surface area contributed by atoms with Crippen LogP contribution in [0.15, 0.2) is 24.3 Å². The molecule has 1 aliphatic heterocycles. The molecule has 10 heteroatoms. The number of hydrogen-bond acceptors (Lipinski definition) is 5. The van der Waals surface area contributed by atoms with Crippen molar-refractivity contribution in [3.8, 4) is 11.5 Å². The van der Waals surface area contributed by atoms with Gasteiger partial charge < -0.3 is 25.4 Å². The van der Waals surface area contributed by atoms with E-state index in [1.54, 1.807) is 6.07 Å². The van der Waals surface area contributed by atoms with E-state index in [-0.39, 0.29) is 12.6 Å². The molecule has 1 atom stereocenters. The summed E-state index contributed by atoms with van der Waals surface area (Å²) in [6.07, 6.45) is 0.824. The SMILES string of the molecule is CCOc1cc2c(cc1NCC(=O)NCC(=O)Nc1ccc(F)c(F)c1F)OC(C)C2. The zero-order chi connectivity index (χ0) is 22.5. The third-order valence-electron chi connectivity index (χ3n) is 4.49. The number of carbonyl (C=O) groups excluding carboxylic acids is 2. The molecule has 0 spiro atoms. The first kappa shape index (κ1) is 22.3. The molecule has 166 valence electrons. The minimum Gasteiger partial charge on any atom is -0.492 e. The molecule has 31 heavy (non-hydrogen) atoms. The van der Waals surface area contributed by atoms with Crippen LogP contribution < -0.4 is 25.4 Å². The van der Waals surface area contributed by atoms with Crippen molar-refractivity contribution in [1.29, 1.82) is 0 Å². The van der Waals surface area contributed by atoms with Gasteiger partial charge in [-0.05, 0) is 32.0 Å². The molecular formula is C21H22F3N3O4. The van der Waals surface area contributed by atoms with Gasteiger partial charge in [-0.25, -0.2) is 13.2 Å². The average molecular weight is 437 g/mol. The van der Waals surface area contributed by atoms with Crippen molar-refractivity contribution in [2.75, 3.05) is 30.3 Å². The fourth-order valence-electron chi connectivity index (χ4n) is 3.09. The van der Waals surface area contributed by atoms with Crippen LogP contribution in [0.1, 0.15) is 19.4 Å². The lowest BCUT2D eigenvalue weighted by Gasteiger charge is -2.14. The summed E-state index contributed by atoms with van der Waals surface area (Å²) in [7, 11) is 0. The second-order valence-corrected chi connectivity index (χ2v) is 6.92. The van der Waals surface area contributed by atoms with Gasteiger partial charge in [0, 0.05) is 18.1 Å². The van der Waals surface area contributed by atoms with E-state index in [1.807, 2.05) is 19.9 Å². The molecule has 2 aromatic carbocycles. The molecular weight excluding hydrogens is 415 g/mol. The smallest absolute Gasteiger partial charge is 0.243 e. The number of benzene rings is 2. The Kier molecular flexibility index (Phi) is 6.88. The molecule has 0 fully saturated rings. The third kappa shape index (κ3) is 5.39. The zero-order valence-corrected chi connectivity index (χ0v) is 17.0. The summed E-state index contributed by atoms with van der Waals surface area (Å²) >= 11 is 0. The van der Waals surface area contributed by atoms with E-state index >= 15 is 0 Å². The van der Waals surface area contributed by atoms with Gasteiger partial charge in [0.1, 0.15) is 17.6 Å². The molecule has 1 aliphatic rings. The van der Waals surface area contributed by atoms with E-state index in [9.17, 15) is 22.8 Å². The maximum atomic E-state index is 13.6. The normalized spacial score (nSPS) is 14.4. The number of amides is 2. The maximum absolute atomic E-state index is 13.6. The van der Waals surface area contributed by atoms with Crippen LogP contribution in [0.3, 0.4) is 0 Å². The Bertz CT molecular complexity index is 1000. The monoisotopic (exact) mass is 437 g/mol. The number of hydrogen-bond donors (Lipinski definition) is 3. The quantitative estimate of drug-likeness (QED) is 0.553. The summed E-state index contributed by atoms with van der Waals surface area (Å²) < 4.78 is 51.1. The molecule has 0 saturated carbocycles. The van der Waals surface area contributed by atoms with Crippen molar-refractivity contribution in [3.63, 3.8) is 0 Å². The van der Waals surface area contributed by atoms with Crippen LogP contribution in [0.2, 0.25) is 0 Å². The second-order valence-electron chi connectivity index (χ2n) is 6.92. The summed E-state index contributed by atoms with van der Waals surface area (Å²) in [5.41, 5.74) is 1.07. The van der Waals surface area contributed by atoms with Gasteiger partial charge in [-0.3, -0.25) is 9.59 Å². The lowest BCUT2D eigenvalue weighted by Crippen LogP contribution is -2.36. The Hall–Kier alpha value is -3.43. The Balaban J connectivity index is 1.53. The van der Waals surface area contributed by atoms with E-state index in [0.717, 1.165) is 18.1 Å². The molecule has 0 saturated heterocycles. The molecule has 2 aromatic rings. The summed E-state index contributed by atoms with van der Waals surface area (Å²) in [5.74, 6) is -4.59. The van der Waals surface area contributed by atoms with Crippen LogP contribution in [0.5, 0.6) is 11.5 Å². The minimum absolute atomic E-state index is 0.0564. The van der Waals surface area contributed by atoms with Crippen molar-refractivity contribution in [2.24, 2.45) is 0 Å². The standard InChI is InChI=1S/C21H22F3N3O4/c1-3-30-17-7-12-6-11(2)31-16(12)8-15(17)25-9-18(28)26-10-19(29)27-14-5-4-13(22)20(23)21(14)24/h4-5,7-8,11,25H,3,6,9-10H2,1-2H3,(H,26,28)(H,27,29). The number of fused-ring (bicyclic) bond motifs is 1. The van der Waals surface area contributed by atoms with Gasteiger partial charge >= 0.3 is 0 Å². The Morgan fingerprint density at radius 3 is 2.61 bits per heavy atom. The topological polar surface area (TPSA) is 88.7 Å². The number of anilines is 2. The number of carbonyl (C=O) groups is 2. The Morgan fingerprint density at radius 2 is 1.87 bits per heavy atom. The molecule has 0 bridgehead atoms. The van der Waals surface area contributed by atoms with Gasteiger partial charge in [0.25, 0.3) is 0 Å². The molecule has 3 N–H and O–H groups in total. The fraction of sp³-hybridized carbons (Fsp3) is 0.333. The van der Waals surface area contributed by atoms with Gasteiger partial charge in [-0.15, -0.1) is 0 Å². The molecule has 3 rings (SSSR count). The number of ether oxygens (including phenoxy) is 2. The predicted octanol–water partition coefficient (Wildman–Crippen LogP) is 2.99. The zero-order valence-electron chi connectivity index (χ0n) is 17.0. The maximum Gasteiger partial charge on any atom is 0.243 e. The molecule has 2 amide bonds. The van der Waals surface area contributed by atoms with Crippen molar-refractivity contribution >= 4 is 23.2 Å². The highest BCUT2D eigenvalue weighted by Gasteiger charge is 2.22. The summed E-state index contributed by atoms with van der Waals surface area (Å²) in [4.78, 5) is 24.0. The second kappa shape index (κ2) is 9.59. The third-order valence-corrected chi connectivity index (χ3v) is 4.49. The highest BCUT2D eigenvalue weighted by Crippen LogP contribution is 2.37. The first-order valence-corrected chi connectivity index (χ1v) is 9.68. The first-order chi connectivity index (χ1) is 14.8. The van der Waals surface area contributed by atoms with Gasteiger partial charge in [-0.2, -0.15) is 0 Å². The summed E-state index contributed by atoms with van der Waals surface area (Å²) in [6, 6.07) is 5.21. The lowest BCUT2D eigenvalue weighted by atomic mass is 10.1. The molecule has 1 heterocycles. The van der Waals surface area contributed by atoms with Crippen molar-refractivity contribution in [3.05, 3.63) is 47.3 Å². The van der Waals surface area contributed by atoms with Gasteiger partial charge in [0.05, 0.1) is 31.1 Å². The van der Waals surface area contributed by atoms with E-state index in [0.29, 0.717) is 29.9 Å². The van der Waals surface area contributed by atoms with Crippen LogP contribution in [0.25, 0.3) is 0 Å². The summed E-state index contributed by atoms with van der Waals surface area (Å²) in [6.45, 7) is 3.59. The Morgan fingerprint density at radius 1 is 1.10 bits per heavy atom. The van der Waals surface area contributed by atoms with Crippen LogP contribution in [0.4, 0.5) is 24.5 Å². The fourth-order valence-corrected chi connectivity index (χ4v) is 3.09. The predicted molar refractivity (Wildman–Crippen MR) is 108 cm³/mol. The van der Waals surface area contributed by atoms with E-state index in [4.69, 9.17) is 9.47 Å².